The molecular formula is C23H20F4N4O3. The number of nitriles is 1. The molecule has 0 aliphatic heterocycles. The molecule has 34 heavy (non-hydrogen) atoms. The highest BCUT2D eigenvalue weighted by atomic mass is 19.3. The topological polar surface area (TPSA) is 110 Å². The number of nitrogens with zero attached hydrogens (tertiary/aromatic N) is 2. The van der Waals surface area contributed by atoms with Gasteiger partial charge in [0.05, 0.1) is 17.8 Å². The Labute approximate surface area is 192 Å². The lowest BCUT2D eigenvalue weighted by Gasteiger charge is -2.36. The number of aromatic nitrogens is 1. The Balaban J connectivity index is 1.92. The van der Waals surface area contributed by atoms with Crippen LogP contribution in [-0.2, 0) is 11.5 Å². The standard InChI is InChI=1S/C23H20F4N4O3/c1-14(32)31-30-13-22(33,19-8-4-16(24)10-20(19)25)23(26,27)21-9-7-18(12-29-21)34-17-5-2-15(11-28)3-6-17/h2-10,12,14,30-33H,13H2,1H3. The zero-order valence-electron chi connectivity index (χ0n) is 17.8. The first-order chi connectivity index (χ1) is 16.1. The predicted molar refractivity (Wildman–Crippen MR) is 112 cm³/mol. The molecule has 1 aromatic heterocycles. The van der Waals surface area contributed by atoms with Crippen LogP contribution in [0.15, 0.2) is 60.8 Å². The summed E-state index contributed by atoms with van der Waals surface area (Å²) in [7, 11) is 0. The zero-order chi connectivity index (χ0) is 24.9. The third-order valence-electron chi connectivity index (χ3n) is 4.83. The van der Waals surface area contributed by atoms with E-state index in [1.54, 1.807) is 0 Å². The van der Waals surface area contributed by atoms with Crippen molar-refractivity contribution in [1.82, 2.24) is 15.8 Å². The van der Waals surface area contributed by atoms with Gasteiger partial charge in [-0.05, 0) is 49.4 Å². The van der Waals surface area contributed by atoms with Crippen LogP contribution in [0.3, 0.4) is 0 Å². The zero-order valence-corrected chi connectivity index (χ0v) is 17.8. The predicted octanol–water partition coefficient (Wildman–Crippen LogP) is 3.44. The molecule has 1 heterocycles. The number of ether oxygens (including phenoxy) is 1. The molecule has 0 amide bonds. The lowest BCUT2D eigenvalue weighted by atomic mass is 9.84. The van der Waals surface area contributed by atoms with Crippen LogP contribution in [0.5, 0.6) is 11.5 Å². The van der Waals surface area contributed by atoms with Gasteiger partial charge in [-0.1, -0.05) is 6.07 Å². The smallest absolute Gasteiger partial charge is 0.323 e. The number of nitrogens with one attached hydrogen (secondary N) is 2. The van der Waals surface area contributed by atoms with E-state index in [4.69, 9.17) is 10.00 Å². The Morgan fingerprint density at radius 3 is 2.32 bits per heavy atom. The second-order valence-electron chi connectivity index (χ2n) is 7.35. The second kappa shape index (κ2) is 10.1. The third kappa shape index (κ3) is 5.32. The van der Waals surface area contributed by atoms with Gasteiger partial charge in [0.25, 0.3) is 0 Å². The fourth-order valence-electron chi connectivity index (χ4n) is 3.10. The van der Waals surface area contributed by atoms with E-state index in [-0.39, 0.29) is 5.75 Å². The van der Waals surface area contributed by atoms with E-state index in [1.165, 1.54) is 37.3 Å². The summed E-state index contributed by atoms with van der Waals surface area (Å²) in [6.45, 7) is 0.315. The van der Waals surface area contributed by atoms with E-state index in [0.29, 0.717) is 23.4 Å². The molecule has 7 nitrogen and oxygen atoms in total. The molecule has 0 spiro atoms. The lowest BCUT2D eigenvalue weighted by Crippen LogP contribution is -2.55. The van der Waals surface area contributed by atoms with Crippen LogP contribution in [0, 0.1) is 23.0 Å². The molecule has 0 aliphatic carbocycles. The number of halogens is 4. The van der Waals surface area contributed by atoms with Crippen LogP contribution in [0.25, 0.3) is 0 Å². The first kappa shape index (κ1) is 25.1. The minimum atomic E-state index is -4.17. The summed E-state index contributed by atoms with van der Waals surface area (Å²) < 4.78 is 64.4. The van der Waals surface area contributed by atoms with E-state index in [0.717, 1.165) is 18.3 Å². The van der Waals surface area contributed by atoms with Crippen molar-refractivity contribution in [2.24, 2.45) is 0 Å². The Hall–Kier alpha value is -3.56. The highest BCUT2D eigenvalue weighted by Crippen LogP contribution is 2.45. The quantitative estimate of drug-likeness (QED) is 0.213. The summed E-state index contributed by atoms with van der Waals surface area (Å²) in [6.07, 6.45) is -0.183. The van der Waals surface area contributed by atoms with Crippen molar-refractivity contribution < 1.29 is 32.5 Å². The van der Waals surface area contributed by atoms with Crippen LogP contribution >= 0.6 is 0 Å². The Morgan fingerprint density at radius 2 is 1.76 bits per heavy atom. The molecule has 0 saturated heterocycles. The molecule has 2 unspecified atom stereocenters. The van der Waals surface area contributed by atoms with Crippen LogP contribution in [0.2, 0.25) is 0 Å². The molecule has 11 heteroatoms. The molecule has 3 aromatic rings. The maximum Gasteiger partial charge on any atom is 0.323 e. The second-order valence-corrected chi connectivity index (χ2v) is 7.35. The average molecular weight is 476 g/mol. The number of hydrogen-bond acceptors (Lipinski definition) is 7. The molecule has 2 aromatic carbocycles. The number of hydrazine groups is 1. The largest absolute Gasteiger partial charge is 0.456 e. The normalized spacial score (nSPS) is 14.2. The van der Waals surface area contributed by atoms with Crippen LogP contribution in [0.4, 0.5) is 17.6 Å². The first-order valence-electron chi connectivity index (χ1n) is 9.93. The molecular weight excluding hydrogens is 456 g/mol. The number of hydrogen-bond donors (Lipinski definition) is 4. The maximum atomic E-state index is 15.6. The van der Waals surface area contributed by atoms with Crippen molar-refractivity contribution >= 4 is 0 Å². The summed E-state index contributed by atoms with van der Waals surface area (Å²) in [6, 6.07) is 11.9. The molecule has 0 saturated carbocycles. The monoisotopic (exact) mass is 476 g/mol. The van der Waals surface area contributed by atoms with Gasteiger partial charge in [0.1, 0.15) is 35.1 Å². The van der Waals surface area contributed by atoms with Crippen molar-refractivity contribution in [2.75, 3.05) is 6.54 Å². The minimum Gasteiger partial charge on any atom is -0.456 e. The first-order valence-corrected chi connectivity index (χ1v) is 9.93. The van der Waals surface area contributed by atoms with Crippen molar-refractivity contribution in [3.8, 4) is 17.6 Å². The van der Waals surface area contributed by atoms with E-state index < -0.39 is 47.2 Å². The minimum absolute atomic E-state index is 0.0923. The SMILES string of the molecule is CC(O)NNCC(O)(c1ccc(F)cc1F)C(F)(F)c1ccc(Oc2ccc(C#N)cc2)cn1. The van der Waals surface area contributed by atoms with E-state index in [9.17, 15) is 19.0 Å². The molecule has 0 aliphatic rings. The van der Waals surface area contributed by atoms with E-state index in [2.05, 4.69) is 15.8 Å². The molecule has 178 valence electrons. The number of alkyl halides is 2. The summed E-state index contributed by atoms with van der Waals surface area (Å²) in [5.74, 6) is -6.15. The van der Waals surface area contributed by atoms with Crippen molar-refractivity contribution in [3.63, 3.8) is 0 Å². The number of aliphatic hydroxyl groups is 2. The van der Waals surface area contributed by atoms with Gasteiger partial charge < -0.3 is 14.9 Å². The number of pyridine rings is 1. The van der Waals surface area contributed by atoms with Crippen molar-refractivity contribution in [2.45, 2.75) is 24.7 Å². The molecule has 2 atom stereocenters. The highest BCUT2D eigenvalue weighted by Gasteiger charge is 2.57. The summed E-state index contributed by atoms with van der Waals surface area (Å²) >= 11 is 0. The van der Waals surface area contributed by atoms with E-state index >= 15 is 8.78 Å². The van der Waals surface area contributed by atoms with Crippen LogP contribution < -0.4 is 15.6 Å². The van der Waals surface area contributed by atoms with Gasteiger partial charge >= 0.3 is 5.92 Å². The fraction of sp³-hybridized carbons (Fsp3) is 0.217. The van der Waals surface area contributed by atoms with Gasteiger partial charge in [0.2, 0.25) is 0 Å². The highest BCUT2D eigenvalue weighted by molar-refractivity contribution is 5.38. The van der Waals surface area contributed by atoms with Gasteiger partial charge in [0.15, 0.2) is 5.60 Å². The Morgan fingerprint density at radius 1 is 1.09 bits per heavy atom. The van der Waals surface area contributed by atoms with Crippen molar-refractivity contribution in [3.05, 3.63) is 89.2 Å². The number of aliphatic hydroxyl groups excluding tert-OH is 1. The molecule has 0 fully saturated rings. The Kier molecular flexibility index (Phi) is 7.48. The fourth-order valence-corrected chi connectivity index (χ4v) is 3.10. The van der Waals surface area contributed by atoms with Crippen LogP contribution in [0.1, 0.15) is 23.7 Å². The lowest BCUT2D eigenvalue weighted by molar-refractivity contribution is -0.198. The van der Waals surface area contributed by atoms with Gasteiger partial charge in [-0.3, -0.25) is 10.4 Å². The third-order valence-corrected chi connectivity index (χ3v) is 4.83. The van der Waals surface area contributed by atoms with Gasteiger partial charge in [-0.15, -0.1) is 0 Å². The van der Waals surface area contributed by atoms with Gasteiger partial charge in [-0.2, -0.15) is 14.0 Å². The molecule has 4 N–H and O–H groups in total. The van der Waals surface area contributed by atoms with Gasteiger partial charge in [-0.25, -0.2) is 14.2 Å². The average Bonchev–Trinajstić information content (AvgIpc) is 2.79. The number of benzene rings is 2. The summed E-state index contributed by atoms with van der Waals surface area (Å²) in [5.41, 5.74) is -0.153. The van der Waals surface area contributed by atoms with E-state index in [1.807, 2.05) is 6.07 Å². The maximum absolute atomic E-state index is 15.6. The van der Waals surface area contributed by atoms with Crippen LogP contribution in [-0.4, -0.2) is 28.0 Å². The molecule has 0 bridgehead atoms. The molecule has 3 rings (SSSR count). The van der Waals surface area contributed by atoms with Crippen molar-refractivity contribution in [1.29, 1.82) is 5.26 Å². The summed E-state index contributed by atoms with van der Waals surface area (Å²) in [4.78, 5) is 3.68. The number of rotatable bonds is 9. The summed E-state index contributed by atoms with van der Waals surface area (Å²) in [5, 5.41) is 29.1. The van der Waals surface area contributed by atoms with Gasteiger partial charge in [0, 0.05) is 18.2 Å². The Bertz CT molecular complexity index is 1170. The molecule has 0 radical (unpaired) electrons.